The van der Waals surface area contributed by atoms with E-state index in [1.54, 1.807) is 62.4 Å². The molecule has 346 valence electrons. The number of carbonyl (C=O) groups is 5. The lowest BCUT2D eigenvalue weighted by Crippen LogP contribution is -2.48. The van der Waals surface area contributed by atoms with Gasteiger partial charge in [0.25, 0.3) is 5.91 Å². The third-order valence-corrected chi connectivity index (χ3v) is 11.4. The number of esters is 1. The molecule has 0 radical (unpaired) electrons. The molecule has 0 bridgehead atoms. The molecule has 24 heteroatoms. The zero-order valence-electron chi connectivity index (χ0n) is 35.0. The van der Waals surface area contributed by atoms with Gasteiger partial charge in [0.2, 0.25) is 11.8 Å². The number of ether oxygens (including phenoxy) is 4. The number of rotatable bonds is 35. The Morgan fingerprint density at radius 3 is 1.80 bits per heavy atom. The number of carbonyl (C=O) groups excluding carboxylic acids is 4. The monoisotopic (exact) mass is 938 g/mol. The van der Waals surface area contributed by atoms with Gasteiger partial charge in [0, 0.05) is 80.8 Å². The highest BCUT2D eigenvalue weighted by molar-refractivity contribution is 8.77. The summed E-state index contributed by atoms with van der Waals surface area (Å²) in [6.45, 7) is 9.11. The molecule has 3 amide bonds. The van der Waals surface area contributed by atoms with Crippen LogP contribution >= 0.6 is 54.9 Å². The van der Waals surface area contributed by atoms with Crippen molar-refractivity contribution in [3.05, 3.63) is 24.7 Å². The number of hydrogen-bond donors (Lipinski definition) is 10. The second-order valence-corrected chi connectivity index (χ2v) is 18.2. The van der Waals surface area contributed by atoms with Crippen molar-refractivity contribution in [2.75, 3.05) is 95.1 Å². The number of aliphatic hydroxyl groups excluding tert-OH is 1. The van der Waals surface area contributed by atoms with E-state index in [-0.39, 0.29) is 54.7 Å². The maximum atomic E-state index is 11.8. The van der Waals surface area contributed by atoms with Crippen LogP contribution in [0.5, 0.6) is 0 Å². The van der Waals surface area contributed by atoms with Crippen molar-refractivity contribution in [1.29, 1.82) is 0 Å². The number of methoxy groups -OCH3 is 1. The molecular formula is C35H70N8O11S5. The fourth-order valence-corrected chi connectivity index (χ4v) is 6.87. The van der Waals surface area contributed by atoms with Crippen LogP contribution in [-0.4, -0.2) is 147 Å². The van der Waals surface area contributed by atoms with Crippen molar-refractivity contribution in [2.24, 2.45) is 29.0 Å². The number of carboxylic acid groups (broad SMARTS) is 1. The highest BCUT2D eigenvalue weighted by atomic mass is 33.1. The van der Waals surface area contributed by atoms with Gasteiger partial charge in [-0.2, -0.15) is 0 Å². The molecule has 0 aliphatic carbocycles. The molecule has 0 heterocycles. The lowest BCUT2D eigenvalue weighted by molar-refractivity contribution is -0.141. The summed E-state index contributed by atoms with van der Waals surface area (Å²) in [4.78, 5) is 56.3. The van der Waals surface area contributed by atoms with Gasteiger partial charge in [0.05, 0.1) is 38.3 Å². The van der Waals surface area contributed by atoms with Gasteiger partial charge < -0.3 is 72.9 Å². The van der Waals surface area contributed by atoms with Crippen molar-refractivity contribution >= 4 is 84.6 Å². The first-order chi connectivity index (χ1) is 28.2. The quantitative estimate of drug-likeness (QED) is 0.0140. The molecule has 0 saturated heterocycles. The normalized spacial score (nSPS) is 11.8. The molecule has 0 rings (SSSR count). The van der Waals surface area contributed by atoms with Crippen LogP contribution in [-0.2, 0) is 42.9 Å². The Morgan fingerprint density at radius 1 is 0.746 bits per heavy atom. The van der Waals surface area contributed by atoms with Crippen LogP contribution in [0.2, 0.25) is 0 Å². The van der Waals surface area contributed by atoms with Crippen molar-refractivity contribution in [3.63, 3.8) is 0 Å². The Kier molecular flexibility index (Phi) is 48.4. The fraction of sp³-hybridized carbons (Fsp3) is 0.743. The summed E-state index contributed by atoms with van der Waals surface area (Å²) in [6.07, 6.45) is 8.08. The van der Waals surface area contributed by atoms with E-state index in [4.69, 9.17) is 41.6 Å². The highest BCUT2D eigenvalue weighted by Crippen LogP contribution is 2.20. The minimum Gasteiger partial charge on any atom is -0.481 e. The van der Waals surface area contributed by atoms with Crippen molar-refractivity contribution in [2.45, 2.75) is 58.8 Å². The average Bonchev–Trinajstić information content (AvgIpc) is 3.21. The van der Waals surface area contributed by atoms with E-state index in [2.05, 4.69) is 31.3 Å². The largest absolute Gasteiger partial charge is 0.481 e. The molecular weight excluding hydrogens is 869 g/mol. The zero-order valence-corrected chi connectivity index (χ0v) is 39.1. The Balaban J connectivity index is -0.000000986. The van der Waals surface area contributed by atoms with Gasteiger partial charge >= 0.3 is 11.9 Å². The highest BCUT2D eigenvalue weighted by Gasteiger charge is 2.13. The number of amides is 3. The minimum atomic E-state index is -0.881. The molecule has 0 aliphatic heterocycles. The Bertz CT molecular complexity index is 1120. The standard InChI is InChI=1S/C17H34N6O5S2.C16H30N2O5S2.C2H6OS/c1-26-15(24)3-2-9-27-13-28-10-6-22-16(20)17(25)23-8-12-30-29-11-7-21-5-4-14(18)19;1-12(2)15(21)17-6-9-24-25-10-7-18-16(22)13(3)11-23-8-4-5-14(19)20;1-4-2-3/h4-6,10,14,16,21-22H,2-3,7-9,11-13,18-20H2,1H3,(H,23,25);12-13H,4-11H2,1-3H3,(H,17,21)(H,18,22)(H,19,20);3H,2H2,1H3. The SMILES string of the molecule is CC(C)C(=O)NCCSSCCNC(=O)C(C)COCCCC(=O)O.COC(=O)CCCOCOC=CNC(N)C(=O)NCCSSCCNC=CC(N)N.CSCO. The summed E-state index contributed by atoms with van der Waals surface area (Å²) in [7, 11) is 8.02. The number of aliphatic hydroxyl groups is 1. The van der Waals surface area contributed by atoms with Crippen molar-refractivity contribution in [1.82, 2.24) is 26.6 Å². The molecule has 0 spiro atoms. The second kappa shape index (κ2) is 46.8. The number of hydrogen-bond acceptors (Lipinski definition) is 20. The number of nitrogens with two attached hydrogens (primary N) is 3. The molecule has 0 aliphatic rings. The van der Waals surface area contributed by atoms with E-state index in [1.807, 2.05) is 20.1 Å². The molecule has 0 aromatic heterocycles. The number of thioether (sulfide) groups is 1. The van der Waals surface area contributed by atoms with Crippen LogP contribution in [0.3, 0.4) is 0 Å². The summed E-state index contributed by atoms with van der Waals surface area (Å²) in [5.41, 5.74) is 16.5. The summed E-state index contributed by atoms with van der Waals surface area (Å²) >= 11 is 1.41. The van der Waals surface area contributed by atoms with Crippen LogP contribution in [0.15, 0.2) is 24.7 Å². The summed E-state index contributed by atoms with van der Waals surface area (Å²) < 4.78 is 20.1. The molecule has 0 fully saturated rings. The summed E-state index contributed by atoms with van der Waals surface area (Å²) in [5, 5.41) is 30.6. The zero-order chi connectivity index (χ0) is 44.9. The van der Waals surface area contributed by atoms with Gasteiger partial charge in [-0.15, -0.1) is 11.8 Å². The predicted octanol–water partition coefficient (Wildman–Crippen LogP) is 1.19. The average molecular weight is 939 g/mol. The van der Waals surface area contributed by atoms with E-state index in [9.17, 15) is 24.0 Å². The Hall–Kier alpha value is -2.26. The lowest BCUT2D eigenvalue weighted by Gasteiger charge is -2.12. The van der Waals surface area contributed by atoms with Gasteiger partial charge in [-0.3, -0.25) is 24.0 Å². The van der Waals surface area contributed by atoms with Gasteiger partial charge in [-0.05, 0) is 31.4 Å². The maximum Gasteiger partial charge on any atom is 0.305 e. The molecule has 2 unspecified atom stereocenters. The number of aliphatic carboxylic acids is 1. The number of carboxylic acids is 1. The molecule has 0 aromatic rings. The van der Waals surface area contributed by atoms with E-state index in [1.165, 1.54) is 31.3 Å². The number of nitrogens with one attached hydrogen (secondary N) is 5. The van der Waals surface area contributed by atoms with E-state index < -0.39 is 18.3 Å². The Morgan fingerprint density at radius 2 is 1.27 bits per heavy atom. The first-order valence-electron chi connectivity index (χ1n) is 18.8. The molecule has 0 aromatic carbocycles. The fourth-order valence-electron chi connectivity index (χ4n) is 3.23. The second-order valence-electron chi connectivity index (χ2n) is 11.9. The van der Waals surface area contributed by atoms with E-state index >= 15 is 0 Å². The summed E-state index contributed by atoms with van der Waals surface area (Å²) in [6, 6.07) is 0. The minimum absolute atomic E-state index is 0.0102. The molecule has 59 heavy (non-hydrogen) atoms. The first-order valence-corrected chi connectivity index (χ1v) is 25.2. The molecule has 13 N–H and O–H groups in total. The maximum absolute atomic E-state index is 11.8. The molecule has 0 saturated carbocycles. The summed E-state index contributed by atoms with van der Waals surface area (Å²) in [5.74, 6) is 1.86. The van der Waals surface area contributed by atoms with Gasteiger partial charge in [-0.25, -0.2) is 0 Å². The van der Waals surface area contributed by atoms with E-state index in [0.717, 1.165) is 29.6 Å². The van der Waals surface area contributed by atoms with Crippen LogP contribution < -0.4 is 43.8 Å². The van der Waals surface area contributed by atoms with E-state index in [0.29, 0.717) is 58.7 Å². The molecule has 2 atom stereocenters. The van der Waals surface area contributed by atoms with Crippen LogP contribution in [0, 0.1) is 11.8 Å². The Labute approximate surface area is 370 Å². The van der Waals surface area contributed by atoms with Crippen LogP contribution in [0.1, 0.15) is 46.5 Å². The van der Waals surface area contributed by atoms with Crippen molar-refractivity contribution < 1.29 is 53.1 Å². The van der Waals surface area contributed by atoms with Gasteiger partial charge in [-0.1, -0.05) is 63.9 Å². The van der Waals surface area contributed by atoms with Crippen LogP contribution in [0.25, 0.3) is 0 Å². The predicted molar refractivity (Wildman–Crippen MR) is 244 cm³/mol. The first kappa shape index (κ1) is 61.0. The third-order valence-electron chi connectivity index (χ3n) is 6.31. The molecule has 19 nitrogen and oxygen atoms in total. The lowest BCUT2D eigenvalue weighted by atomic mass is 10.2. The third kappa shape index (κ3) is 50.0. The van der Waals surface area contributed by atoms with Crippen LogP contribution in [0.4, 0.5) is 0 Å². The van der Waals surface area contributed by atoms with Gasteiger partial charge in [0.15, 0.2) is 13.0 Å². The van der Waals surface area contributed by atoms with Gasteiger partial charge in [0.1, 0.15) is 6.26 Å². The van der Waals surface area contributed by atoms with Crippen molar-refractivity contribution in [3.8, 4) is 0 Å². The topological polar surface area (TPSA) is 301 Å². The smallest absolute Gasteiger partial charge is 0.305 e.